The highest BCUT2D eigenvalue weighted by Crippen LogP contribution is 2.36. The predicted molar refractivity (Wildman–Crippen MR) is 95.1 cm³/mol. The Bertz CT molecular complexity index is 783. The third kappa shape index (κ3) is 3.08. The molecule has 1 aromatic carbocycles. The molecule has 2 aliphatic heterocycles. The maximum absolute atomic E-state index is 12.0. The number of nitrogens with one attached hydrogen (secondary N) is 1. The van der Waals surface area contributed by atoms with Crippen molar-refractivity contribution in [1.29, 1.82) is 0 Å². The summed E-state index contributed by atoms with van der Waals surface area (Å²) in [5, 5.41) is 0. The van der Waals surface area contributed by atoms with Crippen molar-refractivity contribution >= 4 is 11.3 Å². The average Bonchev–Trinajstić information content (AvgIpc) is 2.97. The van der Waals surface area contributed by atoms with Crippen LogP contribution in [0.1, 0.15) is 31.1 Å². The molecule has 1 fully saturated rings. The van der Waals surface area contributed by atoms with E-state index in [4.69, 9.17) is 9.47 Å². The number of aromatic nitrogens is 1. The van der Waals surface area contributed by atoms with E-state index in [-0.39, 0.29) is 4.87 Å². The number of thiazole rings is 1. The Balaban J connectivity index is 1.65. The summed E-state index contributed by atoms with van der Waals surface area (Å²) >= 11 is 1.32. The van der Waals surface area contributed by atoms with E-state index >= 15 is 0 Å². The van der Waals surface area contributed by atoms with Gasteiger partial charge in [-0.25, -0.2) is 0 Å². The van der Waals surface area contributed by atoms with Crippen molar-refractivity contribution in [2.24, 2.45) is 0 Å². The summed E-state index contributed by atoms with van der Waals surface area (Å²) in [7, 11) is 0. The van der Waals surface area contributed by atoms with E-state index in [1.54, 1.807) is 0 Å². The van der Waals surface area contributed by atoms with Crippen LogP contribution < -0.4 is 14.3 Å². The lowest BCUT2D eigenvalue weighted by Crippen LogP contribution is -2.36. The normalized spacial score (nSPS) is 21.0. The summed E-state index contributed by atoms with van der Waals surface area (Å²) in [6.45, 7) is 5.36. The molecule has 4 rings (SSSR count). The van der Waals surface area contributed by atoms with Gasteiger partial charge in [0.15, 0.2) is 11.5 Å². The van der Waals surface area contributed by atoms with Crippen LogP contribution in [0.3, 0.4) is 0 Å². The smallest absolute Gasteiger partial charge is 0.305 e. The topological polar surface area (TPSA) is 54.6 Å². The van der Waals surface area contributed by atoms with Crippen molar-refractivity contribution in [2.45, 2.75) is 38.8 Å². The molecule has 1 unspecified atom stereocenters. The number of ether oxygens (including phenoxy) is 2. The number of piperidine rings is 1. The van der Waals surface area contributed by atoms with Gasteiger partial charge in [0.25, 0.3) is 0 Å². The average molecular weight is 346 g/mol. The van der Waals surface area contributed by atoms with Gasteiger partial charge in [0.1, 0.15) is 13.2 Å². The number of rotatable bonds is 3. The van der Waals surface area contributed by atoms with Crippen LogP contribution in [0.5, 0.6) is 11.5 Å². The number of likely N-dealkylation sites (tertiary alicyclic amines) is 1. The fourth-order valence-corrected chi connectivity index (χ4v) is 4.36. The highest BCUT2D eigenvalue weighted by atomic mass is 32.1. The van der Waals surface area contributed by atoms with Crippen LogP contribution in [0.4, 0.5) is 0 Å². The molecule has 24 heavy (non-hydrogen) atoms. The predicted octanol–water partition coefficient (Wildman–Crippen LogP) is 3.25. The Hall–Kier alpha value is -1.79. The van der Waals surface area contributed by atoms with Crippen LogP contribution in [0.15, 0.2) is 23.0 Å². The Morgan fingerprint density at radius 1 is 1.25 bits per heavy atom. The number of hydrogen-bond acceptors (Lipinski definition) is 5. The Kier molecular flexibility index (Phi) is 4.33. The quantitative estimate of drug-likeness (QED) is 0.927. The van der Waals surface area contributed by atoms with Crippen molar-refractivity contribution in [3.63, 3.8) is 0 Å². The Morgan fingerprint density at radius 2 is 2.08 bits per heavy atom. The molecule has 1 atom stereocenters. The van der Waals surface area contributed by atoms with Crippen molar-refractivity contribution in [2.75, 3.05) is 19.8 Å². The van der Waals surface area contributed by atoms with Crippen LogP contribution in [-0.4, -0.2) is 35.7 Å². The lowest BCUT2D eigenvalue weighted by atomic mass is 10.0. The molecular formula is C18H22N2O3S. The van der Waals surface area contributed by atoms with Gasteiger partial charge in [-0.05, 0) is 44.5 Å². The van der Waals surface area contributed by atoms with Crippen LogP contribution in [0.25, 0.3) is 11.3 Å². The van der Waals surface area contributed by atoms with Crippen molar-refractivity contribution in [3.05, 3.63) is 32.7 Å². The Morgan fingerprint density at radius 3 is 2.92 bits per heavy atom. The highest BCUT2D eigenvalue weighted by Gasteiger charge is 2.22. The zero-order chi connectivity index (χ0) is 16.5. The molecule has 128 valence electrons. The maximum Gasteiger partial charge on any atom is 0.305 e. The molecule has 3 heterocycles. The first-order valence-corrected chi connectivity index (χ1v) is 9.38. The van der Waals surface area contributed by atoms with Crippen molar-refractivity contribution < 1.29 is 9.47 Å². The second kappa shape index (κ2) is 6.61. The van der Waals surface area contributed by atoms with Crippen LogP contribution in [0.2, 0.25) is 0 Å². The summed E-state index contributed by atoms with van der Waals surface area (Å²) in [5.74, 6) is 1.52. The first kappa shape index (κ1) is 15.7. The zero-order valence-electron chi connectivity index (χ0n) is 13.8. The highest BCUT2D eigenvalue weighted by molar-refractivity contribution is 7.09. The summed E-state index contributed by atoms with van der Waals surface area (Å²) < 4.78 is 11.3. The van der Waals surface area contributed by atoms with Gasteiger partial charge in [0.2, 0.25) is 0 Å². The first-order chi connectivity index (χ1) is 11.7. The molecule has 5 nitrogen and oxygen atoms in total. The van der Waals surface area contributed by atoms with Gasteiger partial charge in [-0.1, -0.05) is 17.8 Å². The molecule has 1 aromatic heterocycles. The van der Waals surface area contributed by atoms with Gasteiger partial charge in [0, 0.05) is 23.0 Å². The van der Waals surface area contributed by atoms with Gasteiger partial charge in [0.05, 0.1) is 5.69 Å². The fourth-order valence-electron chi connectivity index (χ4n) is 3.48. The summed E-state index contributed by atoms with van der Waals surface area (Å²) in [6.07, 6.45) is 3.78. The van der Waals surface area contributed by atoms with Gasteiger partial charge in [-0.15, -0.1) is 0 Å². The molecule has 0 spiro atoms. The number of fused-ring (bicyclic) bond motifs is 1. The van der Waals surface area contributed by atoms with Gasteiger partial charge >= 0.3 is 4.87 Å². The third-order valence-corrected chi connectivity index (χ3v) is 5.71. The van der Waals surface area contributed by atoms with Gasteiger partial charge in [-0.2, -0.15) is 0 Å². The second-order valence-electron chi connectivity index (χ2n) is 6.49. The lowest BCUT2D eigenvalue weighted by molar-refractivity contribution is 0.154. The summed E-state index contributed by atoms with van der Waals surface area (Å²) in [5.41, 5.74) is 1.90. The van der Waals surface area contributed by atoms with E-state index in [1.165, 1.54) is 30.6 Å². The van der Waals surface area contributed by atoms with Gasteiger partial charge < -0.3 is 14.5 Å². The SMILES string of the molecule is CC1CCCCN1Cc1sc(=O)[nH]c1-c1ccc2c(c1)OCCO2. The number of benzene rings is 1. The maximum atomic E-state index is 12.0. The molecule has 0 amide bonds. The van der Waals surface area contributed by atoms with Crippen LogP contribution in [0, 0.1) is 0 Å². The molecule has 6 heteroatoms. The van der Waals surface area contributed by atoms with E-state index in [1.807, 2.05) is 18.2 Å². The van der Waals surface area contributed by atoms with Crippen LogP contribution >= 0.6 is 11.3 Å². The largest absolute Gasteiger partial charge is 0.486 e. The third-order valence-electron chi connectivity index (χ3n) is 4.84. The molecule has 0 bridgehead atoms. The van der Waals surface area contributed by atoms with E-state index in [9.17, 15) is 4.79 Å². The van der Waals surface area contributed by atoms with E-state index in [0.29, 0.717) is 19.3 Å². The number of H-pyrrole nitrogens is 1. The molecular weight excluding hydrogens is 324 g/mol. The zero-order valence-corrected chi connectivity index (χ0v) is 14.7. The first-order valence-electron chi connectivity index (χ1n) is 8.57. The molecule has 0 saturated carbocycles. The standard InChI is InChI=1S/C18H22N2O3S/c1-12-4-2-3-7-20(12)11-16-17(19-18(21)24-16)13-5-6-14-15(10-13)23-9-8-22-14/h5-6,10,12H,2-4,7-9,11H2,1H3,(H,19,21). The van der Waals surface area contributed by atoms with E-state index in [2.05, 4.69) is 16.8 Å². The molecule has 1 N–H and O–H groups in total. The molecule has 2 aromatic rings. The molecule has 1 saturated heterocycles. The minimum Gasteiger partial charge on any atom is -0.486 e. The number of aromatic amines is 1. The fraction of sp³-hybridized carbons (Fsp3) is 0.500. The van der Waals surface area contributed by atoms with Crippen molar-refractivity contribution in [3.8, 4) is 22.8 Å². The molecule has 0 radical (unpaired) electrons. The number of nitrogens with zero attached hydrogens (tertiary/aromatic N) is 1. The second-order valence-corrected chi connectivity index (χ2v) is 7.55. The monoisotopic (exact) mass is 346 g/mol. The summed E-state index contributed by atoms with van der Waals surface area (Å²) in [6, 6.07) is 6.46. The van der Waals surface area contributed by atoms with Gasteiger partial charge in [-0.3, -0.25) is 9.69 Å². The van der Waals surface area contributed by atoms with Crippen LogP contribution in [-0.2, 0) is 6.54 Å². The number of hydrogen-bond donors (Lipinski definition) is 1. The Labute approximate surface area is 145 Å². The van der Waals surface area contributed by atoms with E-state index in [0.717, 1.165) is 40.7 Å². The minimum atomic E-state index is -0.000415. The molecule has 2 aliphatic rings. The van der Waals surface area contributed by atoms with Crippen molar-refractivity contribution in [1.82, 2.24) is 9.88 Å². The van der Waals surface area contributed by atoms with E-state index < -0.39 is 0 Å². The summed E-state index contributed by atoms with van der Waals surface area (Å²) in [4.78, 5) is 18.6. The minimum absolute atomic E-state index is 0.000415. The molecule has 0 aliphatic carbocycles. The lowest BCUT2D eigenvalue weighted by Gasteiger charge is -2.33.